The number of carbonyl (C=O) groups is 1. The van der Waals surface area contributed by atoms with Gasteiger partial charge in [-0.3, -0.25) is 4.79 Å². The van der Waals surface area contributed by atoms with Gasteiger partial charge in [0.25, 0.3) is 0 Å². The molecule has 2 aliphatic rings. The summed E-state index contributed by atoms with van der Waals surface area (Å²) in [5, 5.41) is 0. The molecule has 0 unspecified atom stereocenters. The van der Waals surface area contributed by atoms with Gasteiger partial charge >= 0.3 is 5.97 Å². The fraction of sp³-hybridized carbons (Fsp3) is 0.545. The van der Waals surface area contributed by atoms with Crippen LogP contribution < -0.4 is 0 Å². The molecule has 0 aliphatic carbocycles. The third kappa shape index (κ3) is 1.60. The summed E-state index contributed by atoms with van der Waals surface area (Å²) in [6.45, 7) is 5.36. The van der Waals surface area contributed by atoms with E-state index in [2.05, 4.69) is 0 Å². The molecule has 0 radical (unpaired) electrons. The molecular weight excluding hydrogens is 180 g/mol. The maximum Gasteiger partial charge on any atom is 0.307 e. The summed E-state index contributed by atoms with van der Waals surface area (Å²) < 4.78 is 10.9. The van der Waals surface area contributed by atoms with Crippen LogP contribution in [0.25, 0.3) is 0 Å². The second-order valence-electron chi connectivity index (χ2n) is 4.31. The Morgan fingerprint density at radius 3 is 2.79 bits per heavy atom. The van der Waals surface area contributed by atoms with Crippen molar-refractivity contribution in [3.8, 4) is 0 Å². The molecule has 76 valence electrons. The highest BCUT2D eigenvalue weighted by Crippen LogP contribution is 2.41. The molecule has 3 nitrogen and oxygen atoms in total. The van der Waals surface area contributed by atoms with E-state index in [1.807, 2.05) is 32.1 Å². The molecule has 0 aromatic carbocycles. The summed E-state index contributed by atoms with van der Waals surface area (Å²) in [5.41, 5.74) is -0.716. The average molecular weight is 194 g/mol. The molecule has 2 bridgehead atoms. The number of ether oxygens (including phenoxy) is 2. The Morgan fingerprint density at radius 2 is 2.21 bits per heavy atom. The van der Waals surface area contributed by atoms with Crippen molar-refractivity contribution in [3.05, 3.63) is 24.0 Å². The van der Waals surface area contributed by atoms with Crippen LogP contribution >= 0.6 is 0 Å². The summed E-state index contributed by atoms with van der Waals surface area (Å²) in [6, 6.07) is 0. The van der Waals surface area contributed by atoms with Crippen LogP contribution in [0.1, 0.15) is 27.2 Å². The first-order chi connectivity index (χ1) is 6.41. The van der Waals surface area contributed by atoms with Gasteiger partial charge in [-0.15, -0.1) is 0 Å². The second-order valence-corrected chi connectivity index (χ2v) is 4.31. The Kier molecular flexibility index (Phi) is 1.83. The lowest BCUT2D eigenvalue weighted by atomic mass is 9.99. The van der Waals surface area contributed by atoms with Gasteiger partial charge in [0.1, 0.15) is 11.4 Å². The highest BCUT2D eigenvalue weighted by atomic mass is 16.6. The predicted molar refractivity (Wildman–Crippen MR) is 51.5 cm³/mol. The van der Waals surface area contributed by atoms with E-state index < -0.39 is 5.60 Å². The SMILES string of the molecule is CC(=O)OC1=C[C@]2(C)C=C[C@](C)(C1)O2. The van der Waals surface area contributed by atoms with Gasteiger partial charge in [-0.05, 0) is 19.9 Å². The van der Waals surface area contributed by atoms with Gasteiger partial charge in [0.05, 0.1) is 5.60 Å². The van der Waals surface area contributed by atoms with E-state index in [1.165, 1.54) is 6.92 Å². The maximum atomic E-state index is 10.8. The Morgan fingerprint density at radius 1 is 1.50 bits per heavy atom. The van der Waals surface area contributed by atoms with Crippen LogP contribution in [-0.4, -0.2) is 17.2 Å². The van der Waals surface area contributed by atoms with Gasteiger partial charge in [-0.2, -0.15) is 0 Å². The molecule has 0 N–H and O–H groups in total. The van der Waals surface area contributed by atoms with E-state index in [4.69, 9.17) is 9.47 Å². The van der Waals surface area contributed by atoms with E-state index in [0.717, 1.165) is 0 Å². The van der Waals surface area contributed by atoms with Gasteiger partial charge in [0.2, 0.25) is 0 Å². The van der Waals surface area contributed by atoms with Crippen LogP contribution in [0, 0.1) is 0 Å². The quantitative estimate of drug-likeness (QED) is 0.472. The molecule has 2 atom stereocenters. The van der Waals surface area contributed by atoms with Gasteiger partial charge in [-0.1, -0.05) is 12.2 Å². The molecule has 0 aromatic heterocycles. The number of hydrogen-bond donors (Lipinski definition) is 0. The molecular formula is C11H14O3. The van der Waals surface area contributed by atoms with Crippen molar-refractivity contribution in [2.75, 3.05) is 0 Å². The van der Waals surface area contributed by atoms with Crippen molar-refractivity contribution in [3.63, 3.8) is 0 Å². The number of hydrogen-bond acceptors (Lipinski definition) is 3. The minimum atomic E-state index is -0.405. The lowest BCUT2D eigenvalue weighted by Crippen LogP contribution is -2.36. The zero-order chi connectivity index (χ0) is 10.4. The Hall–Kier alpha value is -1.09. The molecule has 0 spiro atoms. The van der Waals surface area contributed by atoms with Crippen molar-refractivity contribution in [2.24, 2.45) is 0 Å². The van der Waals surface area contributed by atoms with Crippen molar-refractivity contribution >= 4 is 5.97 Å². The molecule has 0 saturated carbocycles. The number of rotatable bonds is 1. The zero-order valence-electron chi connectivity index (χ0n) is 8.66. The van der Waals surface area contributed by atoms with Crippen molar-refractivity contribution < 1.29 is 14.3 Å². The molecule has 2 aliphatic heterocycles. The molecule has 2 rings (SSSR count). The number of carbonyl (C=O) groups excluding carboxylic acids is 1. The van der Waals surface area contributed by atoms with E-state index in [9.17, 15) is 4.79 Å². The smallest absolute Gasteiger partial charge is 0.307 e. The minimum Gasteiger partial charge on any atom is -0.431 e. The van der Waals surface area contributed by atoms with Crippen molar-refractivity contribution in [1.29, 1.82) is 0 Å². The molecule has 0 aromatic rings. The maximum absolute atomic E-state index is 10.8. The molecule has 2 heterocycles. The normalized spacial score (nSPS) is 39.5. The monoisotopic (exact) mass is 194 g/mol. The van der Waals surface area contributed by atoms with E-state index in [0.29, 0.717) is 12.2 Å². The lowest BCUT2D eigenvalue weighted by Gasteiger charge is -2.34. The Balaban J connectivity index is 2.25. The Labute approximate surface area is 83.4 Å². The largest absolute Gasteiger partial charge is 0.431 e. The standard InChI is InChI=1S/C11H14O3/c1-8(12)13-9-6-10(2)4-5-11(3,7-9)14-10/h4-6H,7H2,1-3H3/t10-,11+/m0/s1. The van der Waals surface area contributed by atoms with Crippen LogP contribution in [0.2, 0.25) is 0 Å². The van der Waals surface area contributed by atoms with Gasteiger partial charge < -0.3 is 9.47 Å². The first kappa shape index (κ1) is 9.46. The van der Waals surface area contributed by atoms with Crippen molar-refractivity contribution in [2.45, 2.75) is 38.4 Å². The minimum absolute atomic E-state index is 0.273. The second kappa shape index (κ2) is 2.70. The highest BCUT2D eigenvalue weighted by molar-refractivity contribution is 5.67. The molecule has 0 fully saturated rings. The predicted octanol–water partition coefficient (Wildman–Crippen LogP) is 1.94. The third-order valence-electron chi connectivity index (χ3n) is 2.47. The molecule has 0 amide bonds. The summed E-state index contributed by atoms with van der Waals surface area (Å²) >= 11 is 0. The molecule has 14 heavy (non-hydrogen) atoms. The molecule has 3 heteroatoms. The Bertz CT molecular complexity index is 342. The summed E-state index contributed by atoms with van der Waals surface area (Å²) in [4.78, 5) is 10.8. The van der Waals surface area contributed by atoms with Gasteiger partial charge in [0, 0.05) is 13.3 Å². The zero-order valence-corrected chi connectivity index (χ0v) is 8.66. The van der Waals surface area contributed by atoms with E-state index in [-0.39, 0.29) is 11.6 Å². The topological polar surface area (TPSA) is 35.5 Å². The van der Waals surface area contributed by atoms with Crippen LogP contribution in [0.3, 0.4) is 0 Å². The van der Waals surface area contributed by atoms with Crippen LogP contribution in [0.5, 0.6) is 0 Å². The molecule has 0 saturated heterocycles. The first-order valence-electron chi connectivity index (χ1n) is 4.72. The van der Waals surface area contributed by atoms with Crippen LogP contribution in [0.15, 0.2) is 24.0 Å². The van der Waals surface area contributed by atoms with Crippen LogP contribution in [-0.2, 0) is 14.3 Å². The van der Waals surface area contributed by atoms with E-state index in [1.54, 1.807) is 0 Å². The number of fused-ring (bicyclic) bond motifs is 2. The average Bonchev–Trinajstić information content (AvgIpc) is 2.18. The fourth-order valence-corrected chi connectivity index (χ4v) is 2.05. The van der Waals surface area contributed by atoms with E-state index >= 15 is 0 Å². The first-order valence-corrected chi connectivity index (χ1v) is 4.72. The highest BCUT2D eigenvalue weighted by Gasteiger charge is 2.43. The van der Waals surface area contributed by atoms with Crippen molar-refractivity contribution in [1.82, 2.24) is 0 Å². The lowest BCUT2D eigenvalue weighted by molar-refractivity contribution is -0.139. The third-order valence-corrected chi connectivity index (χ3v) is 2.47. The van der Waals surface area contributed by atoms with Gasteiger partial charge in [0.15, 0.2) is 0 Å². The summed E-state index contributed by atoms with van der Waals surface area (Å²) in [6.07, 6.45) is 6.52. The van der Waals surface area contributed by atoms with Crippen LogP contribution in [0.4, 0.5) is 0 Å². The summed E-state index contributed by atoms with van der Waals surface area (Å²) in [5.74, 6) is 0.434. The van der Waals surface area contributed by atoms with Gasteiger partial charge in [-0.25, -0.2) is 0 Å². The summed E-state index contributed by atoms with van der Waals surface area (Å²) in [7, 11) is 0. The number of esters is 1. The fourth-order valence-electron chi connectivity index (χ4n) is 2.05.